The molecule has 3 aromatic rings. The molecule has 0 fully saturated rings. The Hall–Kier alpha value is -3.80. The summed E-state index contributed by atoms with van der Waals surface area (Å²) in [6.45, 7) is 0. The van der Waals surface area contributed by atoms with E-state index in [-0.39, 0.29) is 11.6 Å². The van der Waals surface area contributed by atoms with Crippen molar-refractivity contribution in [2.75, 3.05) is 0 Å². The number of benzene rings is 3. The van der Waals surface area contributed by atoms with Gasteiger partial charge in [0.2, 0.25) is 0 Å². The number of hydrogen-bond acceptors (Lipinski definition) is 4. The fourth-order valence-electron chi connectivity index (χ4n) is 3.24. The Morgan fingerprint density at radius 3 is 1.81 bits per heavy atom. The highest BCUT2D eigenvalue weighted by atomic mass is 16.6. The molecule has 132 valence electrons. The van der Waals surface area contributed by atoms with Crippen LogP contribution in [0.1, 0.15) is 16.7 Å². The third-order valence-electron chi connectivity index (χ3n) is 4.57. The van der Waals surface area contributed by atoms with Gasteiger partial charge in [0.15, 0.2) is 5.54 Å². The van der Waals surface area contributed by atoms with Crippen molar-refractivity contribution in [3.05, 3.63) is 112 Å². The van der Waals surface area contributed by atoms with Crippen molar-refractivity contribution in [3.8, 4) is 0 Å². The van der Waals surface area contributed by atoms with Gasteiger partial charge in [0.25, 0.3) is 11.6 Å². The molecule has 1 aliphatic heterocycles. The van der Waals surface area contributed by atoms with Crippen LogP contribution in [0.5, 0.6) is 0 Å². The maximum atomic E-state index is 13.1. The minimum atomic E-state index is -1.19. The highest BCUT2D eigenvalue weighted by molar-refractivity contribution is 6.16. The number of carbonyl (C=O) groups is 1. The molecular weight excluding hydrogens is 342 g/mol. The zero-order valence-corrected chi connectivity index (χ0v) is 14.2. The van der Waals surface area contributed by atoms with Gasteiger partial charge in [-0.2, -0.15) is 0 Å². The molecule has 0 atom stereocenters. The van der Waals surface area contributed by atoms with Crippen LogP contribution in [0.3, 0.4) is 0 Å². The van der Waals surface area contributed by atoms with E-state index in [1.54, 1.807) is 12.1 Å². The van der Waals surface area contributed by atoms with Crippen LogP contribution in [0.15, 0.2) is 89.9 Å². The number of nitrogens with one attached hydrogen (secondary N) is 1. The van der Waals surface area contributed by atoms with Gasteiger partial charge in [0.05, 0.1) is 4.92 Å². The maximum Gasteiger partial charge on any atom is 0.269 e. The lowest BCUT2D eigenvalue weighted by Crippen LogP contribution is -2.38. The van der Waals surface area contributed by atoms with Gasteiger partial charge in [-0.1, -0.05) is 60.7 Å². The number of nitrogens with zero attached hydrogens (tertiary/aromatic N) is 2. The molecule has 3 aromatic carbocycles. The Morgan fingerprint density at radius 1 is 0.815 bits per heavy atom. The summed E-state index contributed by atoms with van der Waals surface area (Å²) in [6, 6.07) is 24.7. The quantitative estimate of drug-likeness (QED) is 0.573. The summed E-state index contributed by atoms with van der Waals surface area (Å²) in [5.41, 5.74) is 0.916. The summed E-state index contributed by atoms with van der Waals surface area (Å²) >= 11 is 0. The van der Waals surface area contributed by atoms with E-state index in [4.69, 9.17) is 4.99 Å². The molecule has 4 rings (SSSR count). The summed E-state index contributed by atoms with van der Waals surface area (Å²) in [7, 11) is 0. The molecule has 27 heavy (non-hydrogen) atoms. The van der Waals surface area contributed by atoms with E-state index in [0.29, 0.717) is 11.4 Å². The smallest absolute Gasteiger partial charge is 0.269 e. The topological polar surface area (TPSA) is 84.6 Å². The van der Waals surface area contributed by atoms with Crippen LogP contribution in [0.4, 0.5) is 5.69 Å². The van der Waals surface area contributed by atoms with Gasteiger partial charge >= 0.3 is 0 Å². The van der Waals surface area contributed by atoms with Gasteiger partial charge in [0.1, 0.15) is 5.84 Å². The molecule has 0 radical (unpaired) electrons. The van der Waals surface area contributed by atoms with E-state index in [2.05, 4.69) is 5.32 Å². The summed E-state index contributed by atoms with van der Waals surface area (Å²) in [6.07, 6.45) is 0. The van der Waals surface area contributed by atoms with Gasteiger partial charge in [0, 0.05) is 17.7 Å². The van der Waals surface area contributed by atoms with Crippen molar-refractivity contribution in [2.45, 2.75) is 5.54 Å². The van der Waals surface area contributed by atoms with Crippen molar-refractivity contribution < 1.29 is 9.72 Å². The maximum absolute atomic E-state index is 13.1. The molecule has 0 aliphatic carbocycles. The number of nitro groups is 1. The molecular formula is C21H15N3O3. The first kappa shape index (κ1) is 16.7. The second-order valence-corrected chi connectivity index (χ2v) is 6.16. The predicted octanol–water partition coefficient (Wildman–Crippen LogP) is 3.42. The number of amidine groups is 1. The number of hydrogen-bond donors (Lipinski definition) is 1. The summed E-state index contributed by atoms with van der Waals surface area (Å²) < 4.78 is 0. The first-order valence-corrected chi connectivity index (χ1v) is 8.38. The van der Waals surface area contributed by atoms with E-state index in [0.717, 1.165) is 11.1 Å². The van der Waals surface area contributed by atoms with Crippen LogP contribution in [0, 0.1) is 10.1 Å². The van der Waals surface area contributed by atoms with Crippen LogP contribution < -0.4 is 5.32 Å². The molecule has 0 unspecified atom stereocenters. The summed E-state index contributed by atoms with van der Waals surface area (Å²) in [5.74, 6) is 0.135. The lowest BCUT2D eigenvalue weighted by molar-refractivity contribution is -0.384. The average molecular weight is 357 g/mol. The summed E-state index contributed by atoms with van der Waals surface area (Å²) in [5, 5.41) is 13.7. The minimum absolute atomic E-state index is 0.0129. The zero-order valence-electron chi connectivity index (χ0n) is 14.2. The number of rotatable bonds is 4. The van der Waals surface area contributed by atoms with Crippen molar-refractivity contribution >= 4 is 17.4 Å². The lowest BCUT2D eigenvalue weighted by atomic mass is 9.83. The Labute approximate surface area is 155 Å². The third-order valence-corrected chi connectivity index (χ3v) is 4.57. The monoisotopic (exact) mass is 357 g/mol. The number of carbonyl (C=O) groups excluding carboxylic acids is 1. The number of amides is 1. The standard InChI is InChI=1S/C21H15N3O3/c25-20-21(16-7-3-1-4-8-16,17-9-5-2-6-10-17)23-19(22-20)15-11-13-18(14-12-15)24(26)27/h1-14H,(H,22,23,25). The van der Waals surface area contributed by atoms with Gasteiger partial charge in [-0.25, -0.2) is 4.99 Å². The van der Waals surface area contributed by atoms with Crippen LogP contribution in [-0.4, -0.2) is 16.7 Å². The zero-order chi connectivity index (χ0) is 18.9. The Kier molecular flexibility index (Phi) is 4.01. The second kappa shape index (κ2) is 6.49. The number of non-ortho nitro benzene ring substituents is 1. The van der Waals surface area contributed by atoms with Crippen LogP contribution in [-0.2, 0) is 10.3 Å². The predicted molar refractivity (Wildman–Crippen MR) is 101 cm³/mol. The Balaban J connectivity index is 1.87. The molecule has 1 amide bonds. The minimum Gasteiger partial charge on any atom is -0.308 e. The fourth-order valence-corrected chi connectivity index (χ4v) is 3.24. The van der Waals surface area contributed by atoms with Gasteiger partial charge in [-0.15, -0.1) is 0 Å². The molecule has 0 spiro atoms. The van der Waals surface area contributed by atoms with E-state index < -0.39 is 10.5 Å². The number of aliphatic imine (C=N–C) groups is 1. The Morgan fingerprint density at radius 2 is 1.33 bits per heavy atom. The van der Waals surface area contributed by atoms with Crippen LogP contribution >= 0.6 is 0 Å². The fraction of sp³-hybridized carbons (Fsp3) is 0.0476. The molecule has 0 bridgehead atoms. The van der Waals surface area contributed by atoms with Crippen LogP contribution in [0.25, 0.3) is 0 Å². The average Bonchev–Trinajstić information content (AvgIpc) is 3.07. The van der Waals surface area contributed by atoms with Gasteiger partial charge in [-0.3, -0.25) is 14.9 Å². The van der Waals surface area contributed by atoms with E-state index in [1.807, 2.05) is 60.7 Å². The molecule has 6 nitrogen and oxygen atoms in total. The van der Waals surface area contributed by atoms with E-state index in [1.165, 1.54) is 12.1 Å². The van der Waals surface area contributed by atoms with Gasteiger partial charge in [-0.05, 0) is 23.3 Å². The molecule has 0 aromatic heterocycles. The highest BCUT2D eigenvalue weighted by Crippen LogP contribution is 2.37. The molecule has 1 heterocycles. The van der Waals surface area contributed by atoms with Crippen molar-refractivity contribution in [1.82, 2.24) is 5.32 Å². The Bertz CT molecular complexity index is 990. The van der Waals surface area contributed by atoms with Crippen molar-refractivity contribution in [2.24, 2.45) is 4.99 Å². The van der Waals surface area contributed by atoms with Gasteiger partial charge < -0.3 is 5.32 Å². The van der Waals surface area contributed by atoms with E-state index in [9.17, 15) is 14.9 Å². The normalized spacial score (nSPS) is 15.1. The first-order chi connectivity index (χ1) is 13.1. The molecule has 0 saturated heterocycles. The van der Waals surface area contributed by atoms with Crippen molar-refractivity contribution in [1.29, 1.82) is 0 Å². The molecule has 0 saturated carbocycles. The number of nitro benzene ring substituents is 1. The molecule has 6 heteroatoms. The molecule has 1 aliphatic rings. The second-order valence-electron chi connectivity index (χ2n) is 6.16. The highest BCUT2D eigenvalue weighted by Gasteiger charge is 2.46. The van der Waals surface area contributed by atoms with Crippen LogP contribution in [0.2, 0.25) is 0 Å². The SMILES string of the molecule is O=C1NC(c2ccc([N+](=O)[O-])cc2)=NC1(c1ccccc1)c1ccccc1. The lowest BCUT2D eigenvalue weighted by Gasteiger charge is -2.24. The van der Waals surface area contributed by atoms with Crippen molar-refractivity contribution in [3.63, 3.8) is 0 Å². The first-order valence-electron chi connectivity index (χ1n) is 8.38. The van der Waals surface area contributed by atoms with E-state index >= 15 is 0 Å². The third kappa shape index (κ3) is 2.77. The largest absolute Gasteiger partial charge is 0.308 e. The molecule has 1 N–H and O–H groups in total. The summed E-state index contributed by atoms with van der Waals surface area (Å²) in [4.78, 5) is 28.3.